The maximum atomic E-state index is 11.4. The molecule has 0 heterocycles. The monoisotopic (exact) mass is 352 g/mol. The van der Waals surface area contributed by atoms with Crippen LogP contribution in [0, 0.1) is 5.92 Å². The largest absolute Gasteiger partial charge is 0.458 e. The first-order chi connectivity index (χ1) is 12.7. The van der Waals surface area contributed by atoms with Crippen molar-refractivity contribution in [3.63, 3.8) is 0 Å². The van der Waals surface area contributed by atoms with Crippen molar-refractivity contribution in [1.29, 1.82) is 0 Å². The Morgan fingerprint density at radius 2 is 1.42 bits per heavy atom. The van der Waals surface area contributed by atoms with Crippen molar-refractivity contribution in [2.45, 2.75) is 32.3 Å². The molecule has 0 aliphatic heterocycles. The number of rotatable bonds is 8. The van der Waals surface area contributed by atoms with Gasteiger partial charge in [-0.15, -0.1) is 0 Å². The summed E-state index contributed by atoms with van der Waals surface area (Å²) < 4.78 is 17.4. The van der Waals surface area contributed by atoms with Crippen molar-refractivity contribution in [1.82, 2.24) is 0 Å². The molecule has 2 aromatic carbocycles. The van der Waals surface area contributed by atoms with Gasteiger partial charge in [0.2, 0.25) is 0 Å². The van der Waals surface area contributed by atoms with Crippen LogP contribution in [0.5, 0.6) is 0 Å². The molecule has 0 saturated heterocycles. The van der Waals surface area contributed by atoms with Gasteiger partial charge in [0.1, 0.15) is 6.10 Å². The second-order valence-electron chi connectivity index (χ2n) is 6.38. The minimum Gasteiger partial charge on any atom is -0.458 e. The number of esters is 1. The quantitative estimate of drug-likeness (QED) is 0.534. The van der Waals surface area contributed by atoms with Crippen LogP contribution in [0.4, 0.5) is 0 Å². The summed E-state index contributed by atoms with van der Waals surface area (Å²) in [4.78, 5) is 11.4. The summed E-state index contributed by atoms with van der Waals surface area (Å²) in [7, 11) is 0. The van der Waals surface area contributed by atoms with E-state index >= 15 is 0 Å². The van der Waals surface area contributed by atoms with Crippen molar-refractivity contribution in [2.75, 3.05) is 6.61 Å². The van der Waals surface area contributed by atoms with Gasteiger partial charge in [-0.2, -0.15) is 0 Å². The standard InChI is InChI=1S/C22H24O4/c1-17(23)26-22-13-12-21(25-15-19-10-6-3-7-11-19)20(22)16-24-14-18-8-4-2-5-9-18/h2-13,20-22H,14-16H2,1H3/t20-,21+,22-/m1/s1. The topological polar surface area (TPSA) is 44.8 Å². The first-order valence-corrected chi connectivity index (χ1v) is 8.85. The third-order valence-corrected chi connectivity index (χ3v) is 4.34. The van der Waals surface area contributed by atoms with Gasteiger partial charge < -0.3 is 14.2 Å². The summed E-state index contributed by atoms with van der Waals surface area (Å²) >= 11 is 0. The number of carbonyl (C=O) groups excluding carboxylic acids is 1. The molecule has 0 spiro atoms. The second-order valence-corrected chi connectivity index (χ2v) is 6.38. The predicted molar refractivity (Wildman–Crippen MR) is 99.3 cm³/mol. The normalized spacial score (nSPS) is 21.7. The molecule has 2 aromatic rings. The van der Waals surface area contributed by atoms with E-state index in [1.807, 2.05) is 72.8 Å². The van der Waals surface area contributed by atoms with E-state index in [2.05, 4.69) is 0 Å². The third-order valence-electron chi connectivity index (χ3n) is 4.34. The first-order valence-electron chi connectivity index (χ1n) is 8.85. The summed E-state index contributed by atoms with van der Waals surface area (Å²) in [5.74, 6) is -0.345. The fourth-order valence-electron chi connectivity index (χ4n) is 3.03. The van der Waals surface area contributed by atoms with Crippen LogP contribution in [0.2, 0.25) is 0 Å². The molecular weight excluding hydrogens is 328 g/mol. The Morgan fingerprint density at radius 3 is 2.04 bits per heavy atom. The van der Waals surface area contributed by atoms with Crippen LogP contribution in [-0.2, 0) is 32.2 Å². The molecular formula is C22H24O4. The Kier molecular flexibility index (Phi) is 6.58. The Bertz CT molecular complexity index is 711. The molecule has 1 aliphatic rings. The lowest BCUT2D eigenvalue weighted by Gasteiger charge is -2.25. The number of hydrogen-bond donors (Lipinski definition) is 0. The smallest absolute Gasteiger partial charge is 0.303 e. The van der Waals surface area contributed by atoms with Gasteiger partial charge in [0.25, 0.3) is 0 Å². The molecule has 1 aliphatic carbocycles. The Balaban J connectivity index is 1.57. The van der Waals surface area contributed by atoms with E-state index in [4.69, 9.17) is 14.2 Å². The predicted octanol–water partition coefficient (Wildman–Crippen LogP) is 3.91. The summed E-state index contributed by atoms with van der Waals surface area (Å²) in [5.41, 5.74) is 2.23. The Morgan fingerprint density at radius 1 is 0.846 bits per heavy atom. The van der Waals surface area contributed by atoms with Gasteiger partial charge in [-0.3, -0.25) is 4.79 Å². The molecule has 0 amide bonds. The zero-order valence-electron chi connectivity index (χ0n) is 14.9. The lowest BCUT2D eigenvalue weighted by atomic mass is 10.0. The molecule has 3 atom stereocenters. The van der Waals surface area contributed by atoms with Crippen LogP contribution in [0.25, 0.3) is 0 Å². The zero-order chi connectivity index (χ0) is 18.2. The fraction of sp³-hybridized carbons (Fsp3) is 0.318. The minimum absolute atomic E-state index is 0.0497. The van der Waals surface area contributed by atoms with Gasteiger partial charge in [0, 0.05) is 6.92 Å². The van der Waals surface area contributed by atoms with Gasteiger partial charge in [0.05, 0.1) is 31.8 Å². The summed E-state index contributed by atoms with van der Waals surface area (Å²) in [5, 5.41) is 0. The highest BCUT2D eigenvalue weighted by atomic mass is 16.6. The maximum Gasteiger partial charge on any atom is 0.303 e. The van der Waals surface area contributed by atoms with E-state index in [1.165, 1.54) is 6.92 Å². The molecule has 0 fully saturated rings. The Hall–Kier alpha value is -2.43. The SMILES string of the molecule is CC(=O)O[C@@H]1C=C[C@H](OCc2ccccc2)[C@H]1COCc1ccccc1. The average molecular weight is 352 g/mol. The number of benzene rings is 2. The Labute approximate surface area is 154 Å². The van der Waals surface area contributed by atoms with Crippen molar-refractivity contribution >= 4 is 5.97 Å². The molecule has 0 saturated carbocycles. The van der Waals surface area contributed by atoms with E-state index < -0.39 is 0 Å². The maximum absolute atomic E-state index is 11.4. The van der Waals surface area contributed by atoms with Crippen molar-refractivity contribution < 1.29 is 19.0 Å². The third kappa shape index (κ3) is 5.28. The first kappa shape index (κ1) is 18.4. The van der Waals surface area contributed by atoms with Crippen LogP contribution in [-0.4, -0.2) is 24.8 Å². The molecule has 0 unspecified atom stereocenters. The van der Waals surface area contributed by atoms with Gasteiger partial charge >= 0.3 is 5.97 Å². The highest BCUT2D eigenvalue weighted by Gasteiger charge is 2.34. The fourth-order valence-corrected chi connectivity index (χ4v) is 3.03. The molecule has 0 radical (unpaired) electrons. The van der Waals surface area contributed by atoms with Crippen LogP contribution in [0.15, 0.2) is 72.8 Å². The summed E-state index contributed by atoms with van der Waals surface area (Å²) in [6.45, 7) is 2.92. The van der Waals surface area contributed by atoms with E-state index in [-0.39, 0.29) is 24.1 Å². The number of hydrogen-bond acceptors (Lipinski definition) is 4. The molecule has 3 rings (SSSR count). The lowest BCUT2D eigenvalue weighted by molar-refractivity contribution is -0.149. The molecule has 0 aromatic heterocycles. The van der Waals surface area contributed by atoms with E-state index in [1.54, 1.807) is 0 Å². The second kappa shape index (κ2) is 9.32. The summed E-state index contributed by atoms with van der Waals surface area (Å²) in [6, 6.07) is 20.0. The molecule has 0 N–H and O–H groups in total. The van der Waals surface area contributed by atoms with E-state index in [9.17, 15) is 4.79 Å². The molecule has 4 heteroatoms. The van der Waals surface area contributed by atoms with Crippen molar-refractivity contribution in [3.8, 4) is 0 Å². The van der Waals surface area contributed by atoms with Crippen molar-refractivity contribution in [3.05, 3.63) is 83.9 Å². The molecule has 0 bridgehead atoms. The lowest BCUT2D eigenvalue weighted by Crippen LogP contribution is -2.33. The summed E-state index contributed by atoms with van der Waals surface area (Å²) in [6.07, 6.45) is 3.40. The number of carbonyl (C=O) groups is 1. The van der Waals surface area contributed by atoms with Crippen molar-refractivity contribution in [2.24, 2.45) is 5.92 Å². The van der Waals surface area contributed by atoms with Crippen LogP contribution in [0.1, 0.15) is 18.1 Å². The van der Waals surface area contributed by atoms with E-state index in [0.717, 1.165) is 11.1 Å². The van der Waals surface area contributed by atoms with Gasteiger partial charge in [-0.1, -0.05) is 66.7 Å². The van der Waals surface area contributed by atoms with Crippen LogP contribution in [0.3, 0.4) is 0 Å². The average Bonchev–Trinajstić information content (AvgIpc) is 3.03. The van der Waals surface area contributed by atoms with Gasteiger partial charge in [-0.05, 0) is 17.2 Å². The molecule has 136 valence electrons. The van der Waals surface area contributed by atoms with Gasteiger partial charge in [-0.25, -0.2) is 0 Å². The van der Waals surface area contributed by atoms with Crippen LogP contribution >= 0.6 is 0 Å². The molecule has 4 nitrogen and oxygen atoms in total. The zero-order valence-corrected chi connectivity index (χ0v) is 14.9. The minimum atomic E-state index is -0.316. The van der Waals surface area contributed by atoms with E-state index in [0.29, 0.717) is 19.8 Å². The van der Waals surface area contributed by atoms with Gasteiger partial charge in [0.15, 0.2) is 0 Å². The van der Waals surface area contributed by atoms with Crippen LogP contribution < -0.4 is 0 Å². The highest BCUT2D eigenvalue weighted by Crippen LogP contribution is 2.27. The highest BCUT2D eigenvalue weighted by molar-refractivity contribution is 5.66. The number of ether oxygens (including phenoxy) is 3. The molecule has 26 heavy (non-hydrogen) atoms.